The molecular weight excluding hydrogens is 368 g/mol. The molecule has 0 radical (unpaired) electrons. The number of amidine groups is 1. The minimum Gasteiger partial charge on any atom is -0.390 e. The third kappa shape index (κ3) is 5.18. The maximum Gasteiger partial charge on any atom is 0.222 e. The van der Waals surface area contributed by atoms with Gasteiger partial charge in [0.15, 0.2) is 0 Å². The molecule has 1 aromatic heterocycles. The lowest BCUT2D eigenvalue weighted by molar-refractivity contribution is -0.114. The van der Waals surface area contributed by atoms with Crippen LogP contribution in [-0.4, -0.2) is 41.7 Å². The van der Waals surface area contributed by atoms with Crippen LogP contribution in [0.25, 0.3) is 0 Å². The number of aryl methyl sites for hydroxylation is 1. The van der Waals surface area contributed by atoms with Gasteiger partial charge in [0, 0.05) is 36.6 Å². The number of nitrogens with zero attached hydrogens (tertiary/aromatic N) is 2. The van der Waals surface area contributed by atoms with E-state index in [2.05, 4.69) is 45.3 Å². The number of pyridine rings is 1. The lowest BCUT2D eigenvalue weighted by atomic mass is 9.98. The molecule has 0 saturated heterocycles. The summed E-state index contributed by atoms with van der Waals surface area (Å²) in [6.07, 6.45) is 3.06. The zero-order valence-electron chi connectivity index (χ0n) is 16.7. The lowest BCUT2D eigenvalue weighted by Crippen LogP contribution is -2.43. The highest BCUT2D eigenvalue weighted by molar-refractivity contribution is 6.05. The van der Waals surface area contributed by atoms with Gasteiger partial charge in [-0.1, -0.05) is 24.3 Å². The average molecular weight is 394 g/mol. The highest BCUT2D eigenvalue weighted by Crippen LogP contribution is 2.24. The van der Waals surface area contributed by atoms with Gasteiger partial charge in [-0.25, -0.2) is 9.98 Å². The van der Waals surface area contributed by atoms with Gasteiger partial charge in [-0.3, -0.25) is 4.79 Å². The van der Waals surface area contributed by atoms with Crippen molar-refractivity contribution in [2.45, 2.75) is 26.1 Å². The molecule has 2 aromatic rings. The second kappa shape index (κ2) is 9.31. The second-order valence-corrected chi connectivity index (χ2v) is 6.79. The van der Waals surface area contributed by atoms with E-state index < -0.39 is 0 Å². The number of amides is 1. The van der Waals surface area contributed by atoms with E-state index in [4.69, 9.17) is 4.99 Å². The quantitative estimate of drug-likeness (QED) is 0.512. The standard InChI is InChI=1S/C21H26N6O2/c1-13-6-4-5-7-17(13)20(22-3)21-26-16(12-28)11-19(27-21)25-15-8-9-23-18(10-15)24-14(2)29/h4-11,20-22,26,28H,12H2,1-3H3,(H2,23,24,25,27,29). The number of aromatic nitrogens is 1. The van der Waals surface area contributed by atoms with Crippen molar-refractivity contribution in [3.05, 3.63) is 65.5 Å². The summed E-state index contributed by atoms with van der Waals surface area (Å²) in [4.78, 5) is 20.2. The molecule has 0 bridgehead atoms. The topological polar surface area (TPSA) is 111 Å². The number of rotatable bonds is 6. The summed E-state index contributed by atoms with van der Waals surface area (Å²) in [7, 11) is 1.89. The molecule has 0 aliphatic carbocycles. The first-order valence-corrected chi connectivity index (χ1v) is 9.39. The van der Waals surface area contributed by atoms with Crippen LogP contribution in [0.4, 0.5) is 11.5 Å². The normalized spacial score (nSPS) is 16.9. The largest absolute Gasteiger partial charge is 0.390 e. The summed E-state index contributed by atoms with van der Waals surface area (Å²) < 4.78 is 0. The van der Waals surface area contributed by atoms with Crippen molar-refractivity contribution in [2.75, 3.05) is 24.3 Å². The third-order valence-corrected chi connectivity index (χ3v) is 4.58. The first-order valence-electron chi connectivity index (χ1n) is 9.39. The highest BCUT2D eigenvalue weighted by atomic mass is 16.3. The molecule has 1 amide bonds. The molecule has 8 heteroatoms. The fourth-order valence-electron chi connectivity index (χ4n) is 3.26. The summed E-state index contributed by atoms with van der Waals surface area (Å²) in [6, 6.07) is 11.6. The molecule has 2 atom stereocenters. The first kappa shape index (κ1) is 20.5. The SMILES string of the molecule is CNC(c1ccccc1C)C1N=C(Nc2ccnc(NC(C)=O)c2)C=C(CO)N1. The number of carbonyl (C=O) groups excluding carboxylic acids is 1. The summed E-state index contributed by atoms with van der Waals surface area (Å²) in [5.74, 6) is 0.867. The molecule has 29 heavy (non-hydrogen) atoms. The Morgan fingerprint density at radius 3 is 2.79 bits per heavy atom. The highest BCUT2D eigenvalue weighted by Gasteiger charge is 2.26. The summed E-state index contributed by atoms with van der Waals surface area (Å²) in [5.41, 5.74) is 3.69. The predicted octanol–water partition coefficient (Wildman–Crippen LogP) is 1.93. The van der Waals surface area contributed by atoms with Crippen molar-refractivity contribution in [1.82, 2.24) is 15.6 Å². The number of aliphatic imine (C=N–C) groups is 1. The molecular formula is C21H26N6O2. The van der Waals surface area contributed by atoms with Crippen LogP contribution in [0, 0.1) is 6.92 Å². The van der Waals surface area contributed by atoms with Crippen LogP contribution in [-0.2, 0) is 4.79 Å². The monoisotopic (exact) mass is 394 g/mol. The van der Waals surface area contributed by atoms with Crippen LogP contribution < -0.4 is 21.3 Å². The Labute approximate surface area is 170 Å². The lowest BCUT2D eigenvalue weighted by Gasteiger charge is -2.31. The Morgan fingerprint density at radius 2 is 2.10 bits per heavy atom. The zero-order valence-corrected chi connectivity index (χ0v) is 16.7. The second-order valence-electron chi connectivity index (χ2n) is 6.79. The van der Waals surface area contributed by atoms with Gasteiger partial charge >= 0.3 is 0 Å². The number of nitrogens with one attached hydrogen (secondary N) is 4. The molecule has 2 heterocycles. The van der Waals surface area contributed by atoms with Crippen molar-refractivity contribution < 1.29 is 9.90 Å². The fourth-order valence-corrected chi connectivity index (χ4v) is 3.26. The van der Waals surface area contributed by atoms with Gasteiger partial charge in [0.1, 0.15) is 17.8 Å². The molecule has 1 aliphatic rings. The fraction of sp³-hybridized carbons (Fsp3) is 0.286. The van der Waals surface area contributed by atoms with Gasteiger partial charge in [-0.05, 0) is 31.2 Å². The van der Waals surface area contributed by atoms with Crippen molar-refractivity contribution in [3.63, 3.8) is 0 Å². The Kier molecular flexibility index (Phi) is 6.58. The molecule has 0 spiro atoms. The van der Waals surface area contributed by atoms with E-state index in [1.54, 1.807) is 24.4 Å². The van der Waals surface area contributed by atoms with Crippen molar-refractivity contribution >= 4 is 23.2 Å². The van der Waals surface area contributed by atoms with E-state index in [-0.39, 0.29) is 24.7 Å². The van der Waals surface area contributed by atoms with Crippen molar-refractivity contribution in [2.24, 2.45) is 4.99 Å². The van der Waals surface area contributed by atoms with Crippen LogP contribution in [0.2, 0.25) is 0 Å². The Balaban J connectivity index is 1.87. The van der Waals surface area contributed by atoms with Gasteiger partial charge in [0.2, 0.25) is 5.91 Å². The van der Waals surface area contributed by atoms with Crippen LogP contribution in [0.15, 0.2) is 59.4 Å². The van der Waals surface area contributed by atoms with Gasteiger partial charge < -0.3 is 26.4 Å². The minimum absolute atomic E-state index is 0.0874. The van der Waals surface area contributed by atoms with Crippen LogP contribution in [0.5, 0.6) is 0 Å². The molecule has 0 fully saturated rings. The molecule has 152 valence electrons. The van der Waals surface area contributed by atoms with Crippen molar-refractivity contribution in [1.29, 1.82) is 0 Å². The van der Waals surface area contributed by atoms with E-state index in [1.807, 2.05) is 19.2 Å². The van der Waals surface area contributed by atoms with E-state index in [9.17, 15) is 9.90 Å². The molecule has 3 rings (SSSR count). The number of hydrogen-bond donors (Lipinski definition) is 5. The van der Waals surface area contributed by atoms with Crippen LogP contribution >= 0.6 is 0 Å². The predicted molar refractivity (Wildman–Crippen MR) is 115 cm³/mol. The molecule has 1 aliphatic heterocycles. The number of aliphatic hydroxyl groups excluding tert-OH is 1. The maximum atomic E-state index is 11.3. The summed E-state index contributed by atoms with van der Waals surface area (Å²) >= 11 is 0. The third-order valence-electron chi connectivity index (χ3n) is 4.58. The van der Waals surface area contributed by atoms with E-state index in [0.29, 0.717) is 17.4 Å². The van der Waals surface area contributed by atoms with Gasteiger partial charge in [-0.15, -0.1) is 0 Å². The van der Waals surface area contributed by atoms with Crippen LogP contribution in [0.1, 0.15) is 24.1 Å². The number of aliphatic hydroxyl groups is 1. The number of hydrogen-bond acceptors (Lipinski definition) is 7. The van der Waals surface area contributed by atoms with Crippen LogP contribution in [0.3, 0.4) is 0 Å². The van der Waals surface area contributed by atoms with Gasteiger partial charge in [0.25, 0.3) is 0 Å². The molecule has 5 N–H and O–H groups in total. The Morgan fingerprint density at radius 1 is 1.31 bits per heavy atom. The Hall–Kier alpha value is -3.23. The minimum atomic E-state index is -0.313. The first-order chi connectivity index (χ1) is 14.0. The zero-order chi connectivity index (χ0) is 20.8. The number of benzene rings is 1. The number of anilines is 2. The van der Waals surface area contributed by atoms with E-state index in [1.165, 1.54) is 6.92 Å². The molecule has 8 nitrogen and oxygen atoms in total. The van der Waals surface area contributed by atoms with E-state index >= 15 is 0 Å². The molecule has 0 saturated carbocycles. The number of carbonyl (C=O) groups is 1. The summed E-state index contributed by atoms with van der Waals surface area (Å²) in [6.45, 7) is 3.37. The molecule has 1 aromatic carbocycles. The summed E-state index contributed by atoms with van der Waals surface area (Å²) in [5, 5.41) is 22.2. The smallest absolute Gasteiger partial charge is 0.222 e. The Bertz CT molecular complexity index is 940. The average Bonchev–Trinajstić information content (AvgIpc) is 2.69. The number of likely N-dealkylation sites (N-methyl/N-ethyl adjacent to an activating group) is 1. The van der Waals surface area contributed by atoms with Gasteiger partial charge in [0.05, 0.1) is 12.6 Å². The van der Waals surface area contributed by atoms with Crippen molar-refractivity contribution in [3.8, 4) is 0 Å². The maximum absolute atomic E-state index is 11.3. The van der Waals surface area contributed by atoms with E-state index in [0.717, 1.165) is 16.8 Å². The molecule has 2 unspecified atom stereocenters. The van der Waals surface area contributed by atoms with Gasteiger partial charge in [-0.2, -0.15) is 0 Å².